The maximum Gasteiger partial charge on any atom is 0.220 e. The van der Waals surface area contributed by atoms with Gasteiger partial charge in [0.1, 0.15) is 5.78 Å². The van der Waals surface area contributed by atoms with Crippen molar-refractivity contribution in [1.29, 1.82) is 0 Å². The topological polar surface area (TPSA) is 60.2 Å². The Morgan fingerprint density at radius 2 is 2.00 bits per heavy atom. The Hall–Kier alpha value is -0.860. The molecule has 0 aromatic heterocycles. The van der Waals surface area contributed by atoms with Crippen molar-refractivity contribution in [3.8, 4) is 0 Å². The number of rotatable bonds is 5. The molecule has 0 aliphatic rings. The fraction of sp³-hybridized carbons (Fsp3) is 0.750. The number of amides is 1. The second-order valence-corrected chi connectivity index (χ2v) is 2.90. The normalized spacial score (nSPS) is 12.5. The molecule has 3 heteroatoms. The fourth-order valence-electron chi connectivity index (χ4n) is 0.799. The van der Waals surface area contributed by atoms with Gasteiger partial charge in [0.05, 0.1) is 0 Å². The van der Waals surface area contributed by atoms with Gasteiger partial charge < -0.3 is 10.5 Å². The van der Waals surface area contributed by atoms with Crippen molar-refractivity contribution < 1.29 is 9.59 Å². The summed E-state index contributed by atoms with van der Waals surface area (Å²) >= 11 is 0. The molecule has 0 saturated heterocycles. The van der Waals surface area contributed by atoms with Crippen molar-refractivity contribution in [2.24, 2.45) is 11.7 Å². The van der Waals surface area contributed by atoms with E-state index < -0.39 is 0 Å². The summed E-state index contributed by atoms with van der Waals surface area (Å²) in [7, 11) is 0. The highest BCUT2D eigenvalue weighted by Gasteiger charge is 2.07. The van der Waals surface area contributed by atoms with Gasteiger partial charge in [-0.25, -0.2) is 0 Å². The highest BCUT2D eigenvalue weighted by atomic mass is 16.1. The Bertz CT molecular complexity index is 154. The Balaban J connectivity index is 3.39. The monoisotopic (exact) mass is 157 g/mol. The maximum atomic E-state index is 10.5. The van der Waals surface area contributed by atoms with Gasteiger partial charge in [0.15, 0.2) is 0 Å². The summed E-state index contributed by atoms with van der Waals surface area (Å²) in [5.74, 6) is -0.218. The van der Waals surface area contributed by atoms with Gasteiger partial charge in [-0.05, 0) is 19.8 Å². The van der Waals surface area contributed by atoms with Crippen LogP contribution in [0.2, 0.25) is 0 Å². The molecule has 3 nitrogen and oxygen atoms in total. The molecule has 0 bridgehead atoms. The third-order valence-electron chi connectivity index (χ3n) is 1.65. The number of primary amides is 1. The zero-order valence-corrected chi connectivity index (χ0v) is 7.09. The molecule has 0 aromatic rings. The van der Waals surface area contributed by atoms with E-state index in [2.05, 4.69) is 0 Å². The van der Waals surface area contributed by atoms with E-state index in [0.717, 1.165) is 12.8 Å². The van der Waals surface area contributed by atoms with E-state index >= 15 is 0 Å². The van der Waals surface area contributed by atoms with Crippen LogP contribution in [0.3, 0.4) is 0 Å². The lowest BCUT2D eigenvalue weighted by Gasteiger charge is -2.04. The second-order valence-electron chi connectivity index (χ2n) is 2.90. The van der Waals surface area contributed by atoms with Gasteiger partial charge in [0, 0.05) is 12.3 Å². The molecule has 0 spiro atoms. The first-order valence-electron chi connectivity index (χ1n) is 3.82. The molecule has 1 atom stereocenters. The average Bonchev–Trinajstić information content (AvgIpc) is 1.86. The van der Waals surface area contributed by atoms with Gasteiger partial charge >= 0.3 is 0 Å². The van der Waals surface area contributed by atoms with Crippen molar-refractivity contribution in [2.45, 2.75) is 33.1 Å². The molecule has 0 aliphatic carbocycles. The van der Waals surface area contributed by atoms with Crippen LogP contribution in [0.4, 0.5) is 0 Å². The lowest BCUT2D eigenvalue weighted by atomic mass is 10.0. The van der Waals surface area contributed by atoms with E-state index in [0.29, 0.717) is 6.42 Å². The van der Waals surface area contributed by atoms with E-state index in [1.165, 1.54) is 0 Å². The summed E-state index contributed by atoms with van der Waals surface area (Å²) < 4.78 is 0. The number of carbonyl (C=O) groups is 2. The van der Waals surface area contributed by atoms with Crippen molar-refractivity contribution in [3.63, 3.8) is 0 Å². The van der Waals surface area contributed by atoms with E-state index in [-0.39, 0.29) is 17.6 Å². The zero-order valence-electron chi connectivity index (χ0n) is 7.09. The van der Waals surface area contributed by atoms with E-state index in [9.17, 15) is 9.59 Å². The maximum absolute atomic E-state index is 10.5. The lowest BCUT2D eigenvalue weighted by Crippen LogP contribution is -2.20. The number of ketones is 1. The third kappa shape index (κ3) is 5.58. The molecule has 0 aliphatic heterocycles. The van der Waals surface area contributed by atoms with Crippen LogP contribution in [0, 0.1) is 5.92 Å². The van der Waals surface area contributed by atoms with Gasteiger partial charge in [-0.15, -0.1) is 0 Å². The summed E-state index contributed by atoms with van der Waals surface area (Å²) in [5, 5.41) is 0. The quantitative estimate of drug-likeness (QED) is 0.643. The van der Waals surface area contributed by atoms with Crippen LogP contribution in [0.25, 0.3) is 0 Å². The number of nitrogens with two attached hydrogens (primary N) is 1. The van der Waals surface area contributed by atoms with Gasteiger partial charge in [-0.1, -0.05) is 6.92 Å². The Kier molecular flexibility index (Phi) is 4.50. The Labute approximate surface area is 67.0 Å². The van der Waals surface area contributed by atoms with Crippen LogP contribution in [0.5, 0.6) is 0 Å². The fourth-order valence-corrected chi connectivity index (χ4v) is 0.799. The third-order valence-corrected chi connectivity index (χ3v) is 1.65. The standard InChI is InChI=1S/C8H15NO2/c1-6(8(9)11)4-3-5-7(2)10/h6H,3-5H2,1-2H3,(H2,9,11). The molecule has 0 aromatic carbocycles. The molecule has 0 rings (SSSR count). The molecule has 11 heavy (non-hydrogen) atoms. The summed E-state index contributed by atoms with van der Waals surface area (Å²) in [4.78, 5) is 21.0. The van der Waals surface area contributed by atoms with Crippen LogP contribution in [0.15, 0.2) is 0 Å². The van der Waals surface area contributed by atoms with Crippen molar-refractivity contribution in [2.75, 3.05) is 0 Å². The zero-order chi connectivity index (χ0) is 8.85. The van der Waals surface area contributed by atoms with Crippen molar-refractivity contribution in [1.82, 2.24) is 0 Å². The summed E-state index contributed by atoms with van der Waals surface area (Å²) in [5.41, 5.74) is 5.03. The first-order valence-corrected chi connectivity index (χ1v) is 3.82. The SMILES string of the molecule is CC(=O)CCCC(C)C(N)=O. The largest absolute Gasteiger partial charge is 0.369 e. The van der Waals surface area contributed by atoms with Crippen molar-refractivity contribution >= 4 is 11.7 Å². The predicted molar refractivity (Wildman–Crippen MR) is 42.9 cm³/mol. The first-order chi connectivity index (χ1) is 5.04. The lowest BCUT2D eigenvalue weighted by molar-refractivity contribution is -0.122. The van der Waals surface area contributed by atoms with E-state index in [1.54, 1.807) is 13.8 Å². The minimum absolute atomic E-state index is 0.102. The minimum atomic E-state index is -0.284. The highest BCUT2D eigenvalue weighted by molar-refractivity contribution is 5.77. The highest BCUT2D eigenvalue weighted by Crippen LogP contribution is 2.06. The summed E-state index contributed by atoms with van der Waals surface area (Å²) in [6.45, 7) is 3.33. The smallest absolute Gasteiger partial charge is 0.220 e. The molecule has 1 unspecified atom stereocenters. The van der Waals surface area contributed by atoms with Gasteiger partial charge in [0.25, 0.3) is 0 Å². The number of hydrogen-bond donors (Lipinski definition) is 1. The molecule has 0 saturated carbocycles. The Morgan fingerprint density at radius 3 is 2.36 bits per heavy atom. The van der Waals surface area contributed by atoms with Crippen LogP contribution in [-0.4, -0.2) is 11.7 Å². The molecular weight excluding hydrogens is 142 g/mol. The van der Waals surface area contributed by atoms with Gasteiger partial charge in [-0.2, -0.15) is 0 Å². The minimum Gasteiger partial charge on any atom is -0.369 e. The molecule has 64 valence electrons. The summed E-state index contributed by atoms with van der Waals surface area (Å²) in [6.07, 6.45) is 2.03. The predicted octanol–water partition coefficient (Wildman–Crippen LogP) is 0.867. The molecule has 0 radical (unpaired) electrons. The molecule has 1 amide bonds. The number of hydrogen-bond acceptors (Lipinski definition) is 2. The Morgan fingerprint density at radius 1 is 1.45 bits per heavy atom. The van der Waals surface area contributed by atoms with E-state index in [1.807, 2.05) is 0 Å². The number of Topliss-reactive ketones (excluding diaryl/α,β-unsaturated/α-hetero) is 1. The van der Waals surface area contributed by atoms with E-state index in [4.69, 9.17) is 5.73 Å². The summed E-state index contributed by atoms with van der Waals surface area (Å²) in [6, 6.07) is 0. The van der Waals surface area contributed by atoms with Crippen LogP contribution in [0.1, 0.15) is 33.1 Å². The average molecular weight is 157 g/mol. The van der Waals surface area contributed by atoms with Gasteiger partial charge in [0.2, 0.25) is 5.91 Å². The molecule has 2 N–H and O–H groups in total. The molecular formula is C8H15NO2. The second kappa shape index (κ2) is 4.88. The van der Waals surface area contributed by atoms with Crippen LogP contribution >= 0.6 is 0 Å². The van der Waals surface area contributed by atoms with Crippen molar-refractivity contribution in [3.05, 3.63) is 0 Å². The van der Waals surface area contributed by atoms with Crippen LogP contribution < -0.4 is 5.73 Å². The molecule has 0 fully saturated rings. The van der Waals surface area contributed by atoms with Crippen LogP contribution in [-0.2, 0) is 9.59 Å². The molecule has 0 heterocycles. The van der Waals surface area contributed by atoms with Gasteiger partial charge in [-0.3, -0.25) is 4.79 Å². The number of carbonyl (C=O) groups excluding carboxylic acids is 2. The first kappa shape index (κ1) is 10.1.